The van der Waals surface area contributed by atoms with Gasteiger partial charge in [0.05, 0.1) is 6.04 Å². The summed E-state index contributed by atoms with van der Waals surface area (Å²) in [4.78, 5) is 12.1. The van der Waals surface area contributed by atoms with E-state index in [2.05, 4.69) is 10.6 Å². The van der Waals surface area contributed by atoms with Crippen molar-refractivity contribution < 1.29 is 13.6 Å². The van der Waals surface area contributed by atoms with Crippen LogP contribution in [0, 0.1) is 11.6 Å². The van der Waals surface area contributed by atoms with Crippen LogP contribution in [0.2, 0.25) is 0 Å². The van der Waals surface area contributed by atoms with Crippen molar-refractivity contribution in [1.82, 2.24) is 5.32 Å². The molecule has 0 radical (unpaired) electrons. The van der Waals surface area contributed by atoms with E-state index in [1.54, 1.807) is 6.92 Å². The van der Waals surface area contributed by atoms with Crippen molar-refractivity contribution in [2.75, 3.05) is 5.32 Å². The minimum atomic E-state index is -0.990. The van der Waals surface area contributed by atoms with Crippen LogP contribution in [0.25, 0.3) is 0 Å². The Balaban J connectivity index is 1.95. The average molecular weight is 304 g/mol. The number of rotatable bonds is 5. The highest BCUT2D eigenvalue weighted by atomic mass is 19.2. The number of anilines is 1. The van der Waals surface area contributed by atoms with Gasteiger partial charge in [-0.15, -0.1) is 0 Å². The quantitative estimate of drug-likeness (QED) is 0.885. The Morgan fingerprint density at radius 1 is 1.00 bits per heavy atom. The molecule has 2 aromatic carbocycles. The maximum Gasteiger partial charge on any atom is 0.241 e. The van der Waals surface area contributed by atoms with Gasteiger partial charge in [0.1, 0.15) is 0 Å². The van der Waals surface area contributed by atoms with Gasteiger partial charge in [0.15, 0.2) is 11.6 Å². The monoisotopic (exact) mass is 304 g/mol. The lowest BCUT2D eigenvalue weighted by Crippen LogP contribution is -2.39. The van der Waals surface area contributed by atoms with Gasteiger partial charge in [0.2, 0.25) is 5.91 Å². The first-order valence-corrected chi connectivity index (χ1v) is 7.04. The fraction of sp³-hybridized carbons (Fsp3) is 0.235. The molecule has 0 spiro atoms. The molecule has 22 heavy (non-hydrogen) atoms. The van der Waals surface area contributed by atoms with Gasteiger partial charge in [-0.05, 0) is 31.5 Å². The van der Waals surface area contributed by atoms with Gasteiger partial charge in [-0.3, -0.25) is 10.1 Å². The Kier molecular flexibility index (Phi) is 5.22. The minimum absolute atomic E-state index is 0.00750. The first-order valence-electron chi connectivity index (χ1n) is 7.04. The summed E-state index contributed by atoms with van der Waals surface area (Å²) in [5.74, 6) is -2.24. The zero-order valence-electron chi connectivity index (χ0n) is 12.4. The molecule has 3 nitrogen and oxygen atoms in total. The zero-order valence-corrected chi connectivity index (χ0v) is 12.4. The van der Waals surface area contributed by atoms with E-state index in [0.29, 0.717) is 0 Å². The molecule has 5 heteroatoms. The van der Waals surface area contributed by atoms with E-state index in [-0.39, 0.29) is 17.6 Å². The third-order valence-corrected chi connectivity index (χ3v) is 3.38. The van der Waals surface area contributed by atoms with Crippen LogP contribution in [-0.4, -0.2) is 11.9 Å². The van der Waals surface area contributed by atoms with Crippen molar-refractivity contribution in [2.45, 2.75) is 25.9 Å². The van der Waals surface area contributed by atoms with Gasteiger partial charge in [-0.2, -0.15) is 0 Å². The van der Waals surface area contributed by atoms with Gasteiger partial charge < -0.3 is 5.32 Å². The Bertz CT molecular complexity index is 646. The summed E-state index contributed by atoms with van der Waals surface area (Å²) in [7, 11) is 0. The first kappa shape index (κ1) is 16.1. The lowest BCUT2D eigenvalue weighted by Gasteiger charge is -2.20. The third kappa shape index (κ3) is 4.11. The van der Waals surface area contributed by atoms with Crippen molar-refractivity contribution in [3.05, 3.63) is 65.7 Å². The first-order chi connectivity index (χ1) is 10.5. The number of carbonyl (C=O) groups is 1. The highest BCUT2D eigenvalue weighted by molar-refractivity contribution is 5.94. The largest absolute Gasteiger partial charge is 0.325 e. The van der Waals surface area contributed by atoms with Crippen molar-refractivity contribution >= 4 is 11.6 Å². The topological polar surface area (TPSA) is 41.1 Å². The predicted octanol–water partition coefficient (Wildman–Crippen LogP) is 3.64. The molecule has 0 aliphatic carbocycles. The van der Waals surface area contributed by atoms with Crippen LogP contribution in [-0.2, 0) is 4.79 Å². The second-order valence-electron chi connectivity index (χ2n) is 5.14. The summed E-state index contributed by atoms with van der Waals surface area (Å²) in [6, 6.07) is 12.5. The highest BCUT2D eigenvalue weighted by Gasteiger charge is 2.16. The summed E-state index contributed by atoms with van der Waals surface area (Å²) in [5.41, 5.74) is 1.29. The summed E-state index contributed by atoms with van der Waals surface area (Å²) >= 11 is 0. The minimum Gasteiger partial charge on any atom is -0.325 e. The normalized spacial score (nSPS) is 13.5. The van der Waals surface area contributed by atoms with Crippen LogP contribution >= 0.6 is 0 Å². The predicted molar refractivity (Wildman–Crippen MR) is 82.4 cm³/mol. The number of halogens is 2. The number of nitrogens with one attached hydrogen (secondary N) is 2. The van der Waals surface area contributed by atoms with Crippen LogP contribution < -0.4 is 10.6 Å². The number of hydrogen-bond donors (Lipinski definition) is 2. The Hall–Kier alpha value is -2.27. The van der Waals surface area contributed by atoms with Crippen LogP contribution in [0.15, 0.2) is 48.5 Å². The van der Waals surface area contributed by atoms with Crippen LogP contribution in [0.5, 0.6) is 0 Å². The molecule has 1 amide bonds. The van der Waals surface area contributed by atoms with Crippen LogP contribution in [0.3, 0.4) is 0 Å². The van der Waals surface area contributed by atoms with Crippen LogP contribution in [0.1, 0.15) is 25.5 Å². The van der Waals surface area contributed by atoms with Crippen molar-refractivity contribution in [3.8, 4) is 0 Å². The average Bonchev–Trinajstić information content (AvgIpc) is 2.51. The summed E-state index contributed by atoms with van der Waals surface area (Å²) in [6.45, 7) is 3.67. The molecule has 0 saturated heterocycles. The molecule has 2 rings (SSSR count). The Morgan fingerprint density at radius 3 is 2.32 bits per heavy atom. The Morgan fingerprint density at radius 2 is 1.68 bits per heavy atom. The number of carbonyl (C=O) groups excluding carboxylic acids is 1. The fourth-order valence-corrected chi connectivity index (χ4v) is 2.11. The second kappa shape index (κ2) is 7.13. The van der Waals surface area contributed by atoms with E-state index in [0.717, 1.165) is 17.7 Å². The van der Waals surface area contributed by atoms with Crippen molar-refractivity contribution in [3.63, 3.8) is 0 Å². The van der Waals surface area contributed by atoms with E-state index in [1.807, 2.05) is 37.3 Å². The van der Waals surface area contributed by atoms with Gasteiger partial charge in [-0.25, -0.2) is 8.78 Å². The molecule has 0 heterocycles. The number of hydrogen-bond acceptors (Lipinski definition) is 2. The molecule has 0 aliphatic heterocycles. The third-order valence-electron chi connectivity index (χ3n) is 3.38. The lowest BCUT2D eigenvalue weighted by atomic mass is 10.1. The molecule has 0 fully saturated rings. The Labute approximate surface area is 128 Å². The molecule has 2 aromatic rings. The van der Waals surface area contributed by atoms with E-state index in [1.165, 1.54) is 6.07 Å². The molecule has 0 saturated carbocycles. The van der Waals surface area contributed by atoms with E-state index in [4.69, 9.17) is 0 Å². The highest BCUT2D eigenvalue weighted by Crippen LogP contribution is 2.15. The molecule has 2 N–H and O–H groups in total. The van der Waals surface area contributed by atoms with Crippen LogP contribution in [0.4, 0.5) is 14.5 Å². The lowest BCUT2D eigenvalue weighted by molar-refractivity contribution is -0.117. The zero-order chi connectivity index (χ0) is 16.1. The molecule has 0 bridgehead atoms. The maximum atomic E-state index is 13.1. The summed E-state index contributed by atoms with van der Waals surface area (Å²) in [5, 5.41) is 5.72. The van der Waals surface area contributed by atoms with Gasteiger partial charge in [0, 0.05) is 17.8 Å². The SMILES string of the molecule is C[C@H](N[C@H](C)C(=O)Nc1ccc(F)c(F)c1)c1ccccc1. The van der Waals surface area contributed by atoms with Crippen molar-refractivity contribution in [1.29, 1.82) is 0 Å². The summed E-state index contributed by atoms with van der Waals surface area (Å²) in [6.07, 6.45) is 0. The molecule has 2 atom stereocenters. The standard InChI is InChI=1S/C17H18F2N2O/c1-11(13-6-4-3-5-7-13)20-12(2)17(22)21-14-8-9-15(18)16(19)10-14/h3-12,20H,1-2H3,(H,21,22)/t11-,12+/m0/s1. The van der Waals surface area contributed by atoms with Gasteiger partial charge >= 0.3 is 0 Å². The van der Waals surface area contributed by atoms with Gasteiger partial charge in [0.25, 0.3) is 0 Å². The maximum absolute atomic E-state index is 13.1. The van der Waals surface area contributed by atoms with E-state index < -0.39 is 17.7 Å². The second-order valence-corrected chi connectivity index (χ2v) is 5.14. The molecule has 0 aliphatic rings. The smallest absolute Gasteiger partial charge is 0.241 e. The summed E-state index contributed by atoms with van der Waals surface area (Å²) < 4.78 is 26.0. The number of benzene rings is 2. The molecule has 0 aromatic heterocycles. The molecular formula is C17H18F2N2O. The van der Waals surface area contributed by atoms with E-state index in [9.17, 15) is 13.6 Å². The number of amides is 1. The van der Waals surface area contributed by atoms with Gasteiger partial charge in [-0.1, -0.05) is 30.3 Å². The molecular weight excluding hydrogens is 286 g/mol. The molecule has 116 valence electrons. The van der Waals surface area contributed by atoms with Crippen molar-refractivity contribution in [2.24, 2.45) is 0 Å². The fourth-order valence-electron chi connectivity index (χ4n) is 2.11. The molecule has 0 unspecified atom stereocenters. The van der Waals surface area contributed by atoms with E-state index >= 15 is 0 Å².